The van der Waals surface area contributed by atoms with Gasteiger partial charge >= 0.3 is 0 Å². The fourth-order valence-electron chi connectivity index (χ4n) is 3.05. The highest BCUT2D eigenvalue weighted by molar-refractivity contribution is 7.13. The second-order valence-electron chi connectivity index (χ2n) is 6.01. The number of carbonyl (C=O) groups excluding carboxylic acids is 1. The molecule has 0 bridgehead atoms. The number of carbonyl (C=O) groups is 1. The van der Waals surface area contributed by atoms with Gasteiger partial charge in [0.1, 0.15) is 5.75 Å². The van der Waals surface area contributed by atoms with E-state index in [9.17, 15) is 4.79 Å². The van der Waals surface area contributed by atoms with Gasteiger partial charge in [0.15, 0.2) is 10.9 Å². The van der Waals surface area contributed by atoms with E-state index in [-0.39, 0.29) is 5.78 Å². The number of aromatic nitrogens is 1. The Morgan fingerprint density at radius 1 is 1.29 bits per heavy atom. The van der Waals surface area contributed by atoms with E-state index < -0.39 is 0 Å². The van der Waals surface area contributed by atoms with Crippen LogP contribution in [0.15, 0.2) is 29.8 Å². The maximum absolute atomic E-state index is 11.7. The molecule has 6 heteroatoms. The number of thiazole rings is 1. The minimum Gasteiger partial charge on any atom is -0.496 e. The van der Waals surface area contributed by atoms with Crippen LogP contribution < -0.4 is 9.64 Å². The van der Waals surface area contributed by atoms with Gasteiger partial charge in [-0.1, -0.05) is 0 Å². The lowest BCUT2D eigenvalue weighted by Gasteiger charge is -2.22. The van der Waals surface area contributed by atoms with Crippen molar-refractivity contribution in [2.24, 2.45) is 0 Å². The van der Waals surface area contributed by atoms with Gasteiger partial charge in [0, 0.05) is 55.4 Å². The van der Waals surface area contributed by atoms with Gasteiger partial charge in [-0.15, -0.1) is 11.3 Å². The van der Waals surface area contributed by atoms with Crippen LogP contribution in [0.1, 0.15) is 29.3 Å². The van der Waals surface area contributed by atoms with Crippen LogP contribution in [-0.2, 0) is 6.54 Å². The highest BCUT2D eigenvalue weighted by Crippen LogP contribution is 2.24. The van der Waals surface area contributed by atoms with E-state index in [1.54, 1.807) is 25.4 Å². The van der Waals surface area contributed by atoms with E-state index in [1.165, 1.54) is 0 Å². The summed E-state index contributed by atoms with van der Waals surface area (Å²) in [5, 5.41) is 3.13. The average molecular weight is 345 g/mol. The maximum atomic E-state index is 11.7. The summed E-state index contributed by atoms with van der Waals surface area (Å²) in [5.41, 5.74) is 1.82. The molecule has 1 aliphatic rings. The maximum Gasteiger partial charge on any atom is 0.185 e. The van der Waals surface area contributed by atoms with Crippen LogP contribution in [0, 0.1) is 0 Å². The Labute approximate surface area is 146 Å². The van der Waals surface area contributed by atoms with Crippen molar-refractivity contribution < 1.29 is 9.53 Å². The summed E-state index contributed by atoms with van der Waals surface area (Å²) in [6.45, 7) is 6.43. The van der Waals surface area contributed by atoms with Crippen LogP contribution in [0.2, 0.25) is 0 Å². The number of anilines is 1. The monoisotopic (exact) mass is 345 g/mol. The lowest BCUT2D eigenvalue weighted by molar-refractivity contribution is 0.101. The molecule has 0 radical (unpaired) electrons. The molecule has 0 aliphatic carbocycles. The van der Waals surface area contributed by atoms with Gasteiger partial charge in [0.05, 0.1) is 7.11 Å². The van der Waals surface area contributed by atoms with Crippen molar-refractivity contribution in [2.45, 2.75) is 19.9 Å². The quantitative estimate of drug-likeness (QED) is 0.780. The summed E-state index contributed by atoms with van der Waals surface area (Å²) in [4.78, 5) is 20.9. The Morgan fingerprint density at radius 3 is 2.88 bits per heavy atom. The molecule has 1 aromatic heterocycles. The Morgan fingerprint density at radius 2 is 2.17 bits per heavy atom. The Kier molecular flexibility index (Phi) is 5.48. The average Bonchev–Trinajstić information content (AvgIpc) is 3.02. The third-order valence-electron chi connectivity index (χ3n) is 4.36. The van der Waals surface area contributed by atoms with Crippen LogP contribution in [0.5, 0.6) is 5.75 Å². The van der Waals surface area contributed by atoms with Crippen molar-refractivity contribution in [1.29, 1.82) is 0 Å². The number of ether oxygens (including phenoxy) is 1. The van der Waals surface area contributed by atoms with E-state index in [1.807, 2.05) is 29.8 Å². The lowest BCUT2D eigenvalue weighted by Crippen LogP contribution is -2.30. The number of benzene rings is 1. The Hall–Kier alpha value is -1.92. The van der Waals surface area contributed by atoms with Crippen molar-refractivity contribution in [3.05, 3.63) is 40.9 Å². The minimum absolute atomic E-state index is 0.0877. The van der Waals surface area contributed by atoms with Crippen molar-refractivity contribution in [3.8, 4) is 5.75 Å². The third kappa shape index (κ3) is 3.94. The molecule has 1 aromatic carbocycles. The second-order valence-corrected chi connectivity index (χ2v) is 6.89. The first-order valence-electron chi connectivity index (χ1n) is 8.22. The largest absolute Gasteiger partial charge is 0.496 e. The van der Waals surface area contributed by atoms with Crippen LogP contribution in [0.4, 0.5) is 5.13 Å². The molecular formula is C18H23N3O2S. The smallest absolute Gasteiger partial charge is 0.185 e. The van der Waals surface area contributed by atoms with Crippen LogP contribution >= 0.6 is 11.3 Å². The number of rotatable bonds is 5. The molecule has 1 saturated heterocycles. The van der Waals surface area contributed by atoms with Gasteiger partial charge in [0.2, 0.25) is 0 Å². The zero-order chi connectivity index (χ0) is 16.9. The molecule has 1 aliphatic heterocycles. The Bertz CT molecular complexity index is 688. The van der Waals surface area contributed by atoms with Crippen LogP contribution in [0.3, 0.4) is 0 Å². The minimum atomic E-state index is 0.0877. The molecule has 0 unspecified atom stereocenters. The fourth-order valence-corrected chi connectivity index (χ4v) is 3.75. The van der Waals surface area contributed by atoms with E-state index in [2.05, 4.69) is 14.8 Å². The van der Waals surface area contributed by atoms with Crippen LogP contribution in [0.25, 0.3) is 0 Å². The number of nitrogens with zero attached hydrogens (tertiary/aromatic N) is 3. The van der Waals surface area contributed by atoms with E-state index in [4.69, 9.17) is 4.74 Å². The highest BCUT2D eigenvalue weighted by Gasteiger charge is 2.18. The van der Waals surface area contributed by atoms with E-state index in [0.717, 1.165) is 61.2 Å². The summed E-state index contributed by atoms with van der Waals surface area (Å²) < 4.78 is 5.48. The van der Waals surface area contributed by atoms with Crippen molar-refractivity contribution in [3.63, 3.8) is 0 Å². The number of ketones is 1. The molecule has 2 aromatic rings. The topological polar surface area (TPSA) is 45.7 Å². The molecule has 0 atom stereocenters. The molecular weight excluding hydrogens is 322 g/mol. The van der Waals surface area contributed by atoms with Gasteiger partial charge in [-0.2, -0.15) is 0 Å². The van der Waals surface area contributed by atoms with Gasteiger partial charge in [-0.25, -0.2) is 4.98 Å². The number of hydrogen-bond acceptors (Lipinski definition) is 6. The molecule has 24 heavy (non-hydrogen) atoms. The number of hydrogen-bond donors (Lipinski definition) is 0. The van der Waals surface area contributed by atoms with E-state index >= 15 is 0 Å². The zero-order valence-electron chi connectivity index (χ0n) is 14.2. The summed E-state index contributed by atoms with van der Waals surface area (Å²) in [6, 6.07) is 5.69. The van der Waals surface area contributed by atoms with E-state index in [0.29, 0.717) is 0 Å². The molecule has 0 saturated carbocycles. The predicted molar refractivity (Wildman–Crippen MR) is 97.2 cm³/mol. The fraction of sp³-hybridized carbons (Fsp3) is 0.444. The summed E-state index contributed by atoms with van der Waals surface area (Å²) >= 11 is 1.69. The van der Waals surface area contributed by atoms with Crippen molar-refractivity contribution in [1.82, 2.24) is 9.88 Å². The lowest BCUT2D eigenvalue weighted by atomic mass is 10.1. The van der Waals surface area contributed by atoms with Gasteiger partial charge in [-0.05, 0) is 31.5 Å². The summed E-state index contributed by atoms with van der Waals surface area (Å²) in [5.74, 6) is 0.936. The van der Waals surface area contributed by atoms with Gasteiger partial charge in [0.25, 0.3) is 0 Å². The highest BCUT2D eigenvalue weighted by atomic mass is 32.1. The first-order chi connectivity index (χ1) is 11.7. The molecule has 5 nitrogen and oxygen atoms in total. The third-order valence-corrected chi connectivity index (χ3v) is 5.19. The predicted octanol–water partition coefficient (Wildman–Crippen LogP) is 3.07. The SMILES string of the molecule is COc1ccc(C(C)=O)cc1CN1CCCN(c2nccs2)CC1. The van der Waals surface area contributed by atoms with Crippen molar-refractivity contribution >= 4 is 22.3 Å². The van der Waals surface area contributed by atoms with Crippen molar-refractivity contribution in [2.75, 3.05) is 38.2 Å². The molecule has 0 spiro atoms. The number of Topliss-reactive ketones (excluding diaryl/α,β-unsaturated/α-hetero) is 1. The first kappa shape index (κ1) is 16.9. The van der Waals surface area contributed by atoms with Crippen LogP contribution in [-0.4, -0.2) is 49.0 Å². The number of methoxy groups -OCH3 is 1. The molecule has 0 N–H and O–H groups in total. The molecule has 128 valence electrons. The van der Waals surface area contributed by atoms with Gasteiger partial charge in [-0.3, -0.25) is 9.69 Å². The first-order valence-corrected chi connectivity index (χ1v) is 9.10. The standard InChI is InChI=1S/C18H23N3O2S/c1-14(22)15-4-5-17(23-2)16(12-15)13-20-7-3-8-21(10-9-20)18-19-6-11-24-18/h4-6,11-12H,3,7-10,13H2,1-2H3. The molecule has 2 heterocycles. The second kappa shape index (κ2) is 7.77. The molecule has 0 amide bonds. The zero-order valence-corrected chi connectivity index (χ0v) is 15.0. The normalized spacial score (nSPS) is 16.0. The Balaban J connectivity index is 1.69. The summed E-state index contributed by atoms with van der Waals surface area (Å²) in [7, 11) is 1.68. The summed E-state index contributed by atoms with van der Waals surface area (Å²) in [6.07, 6.45) is 2.97. The molecule has 3 rings (SSSR count). The molecule has 1 fully saturated rings. The van der Waals surface area contributed by atoms with Gasteiger partial charge < -0.3 is 9.64 Å².